The Balaban J connectivity index is 2.52. The van der Waals surface area contributed by atoms with Crippen LogP contribution in [-0.2, 0) is 4.79 Å². The summed E-state index contributed by atoms with van der Waals surface area (Å²) >= 11 is 0. The summed E-state index contributed by atoms with van der Waals surface area (Å²) in [6.07, 6.45) is 1.01. The number of nitrogens with one attached hydrogen (secondary N) is 1. The predicted molar refractivity (Wildman–Crippen MR) is 71.5 cm³/mol. The molecule has 7 heteroatoms. The first-order valence-electron chi connectivity index (χ1n) is 6.46. The molecule has 0 saturated heterocycles. The molecule has 1 aromatic carbocycles. The molecule has 116 valence electrons. The first-order valence-corrected chi connectivity index (χ1v) is 6.46. The number of carboxylic acids is 1. The van der Waals surface area contributed by atoms with E-state index in [4.69, 9.17) is 5.11 Å². The minimum atomic E-state index is -2.95. The van der Waals surface area contributed by atoms with Gasteiger partial charge >= 0.3 is 12.6 Å². The van der Waals surface area contributed by atoms with E-state index in [2.05, 4.69) is 10.1 Å². The molecule has 0 spiro atoms. The summed E-state index contributed by atoms with van der Waals surface area (Å²) in [5, 5.41) is 11.2. The van der Waals surface area contributed by atoms with Gasteiger partial charge in [0.25, 0.3) is 5.91 Å². The van der Waals surface area contributed by atoms with E-state index in [-0.39, 0.29) is 23.8 Å². The smallest absolute Gasteiger partial charge is 0.387 e. The third-order valence-corrected chi connectivity index (χ3v) is 2.73. The predicted octanol–water partition coefficient (Wildman–Crippen LogP) is 2.66. The van der Waals surface area contributed by atoms with Gasteiger partial charge in [0.2, 0.25) is 0 Å². The lowest BCUT2D eigenvalue weighted by atomic mass is 10.1. The number of aliphatic carboxylic acids is 1. The lowest BCUT2D eigenvalue weighted by Gasteiger charge is -2.14. The molecule has 1 atom stereocenters. The van der Waals surface area contributed by atoms with Crippen LogP contribution in [0.2, 0.25) is 0 Å². The van der Waals surface area contributed by atoms with E-state index in [0.717, 1.165) is 0 Å². The number of hydrogen-bond donors (Lipinski definition) is 2. The minimum absolute atomic E-state index is 0.0396. The number of alkyl halides is 2. The maximum atomic E-state index is 12.1. The number of carbonyl (C=O) groups excluding carboxylic acids is 1. The van der Waals surface area contributed by atoms with Gasteiger partial charge in [0, 0.05) is 18.0 Å². The van der Waals surface area contributed by atoms with Crippen LogP contribution in [0.1, 0.15) is 36.5 Å². The average molecular weight is 301 g/mol. The highest BCUT2D eigenvalue weighted by atomic mass is 19.3. The average Bonchev–Trinajstić information content (AvgIpc) is 2.37. The van der Waals surface area contributed by atoms with Crippen molar-refractivity contribution in [3.05, 3.63) is 29.8 Å². The molecule has 1 rings (SSSR count). The number of halogens is 2. The Morgan fingerprint density at radius 2 is 2.10 bits per heavy atom. The lowest BCUT2D eigenvalue weighted by Crippen LogP contribution is -2.32. The van der Waals surface area contributed by atoms with Crippen molar-refractivity contribution < 1.29 is 28.2 Å². The van der Waals surface area contributed by atoms with Crippen LogP contribution in [0.25, 0.3) is 0 Å². The van der Waals surface area contributed by atoms with E-state index < -0.39 is 18.5 Å². The van der Waals surface area contributed by atoms with Gasteiger partial charge in [-0.3, -0.25) is 9.59 Å². The molecule has 1 unspecified atom stereocenters. The van der Waals surface area contributed by atoms with E-state index >= 15 is 0 Å². The summed E-state index contributed by atoms with van der Waals surface area (Å²) in [7, 11) is 0. The molecule has 0 radical (unpaired) electrons. The van der Waals surface area contributed by atoms with E-state index in [1.807, 2.05) is 0 Å². The number of hydrogen-bond acceptors (Lipinski definition) is 3. The van der Waals surface area contributed by atoms with Crippen LogP contribution in [0.4, 0.5) is 8.78 Å². The van der Waals surface area contributed by atoms with Crippen LogP contribution >= 0.6 is 0 Å². The largest absolute Gasteiger partial charge is 0.481 e. The van der Waals surface area contributed by atoms with Crippen molar-refractivity contribution in [1.29, 1.82) is 0 Å². The molecular weight excluding hydrogens is 284 g/mol. The van der Waals surface area contributed by atoms with Crippen molar-refractivity contribution in [2.45, 2.75) is 38.8 Å². The van der Waals surface area contributed by atoms with Crippen LogP contribution in [0, 0.1) is 0 Å². The lowest BCUT2D eigenvalue weighted by molar-refractivity contribution is -0.137. The fraction of sp³-hybridized carbons (Fsp3) is 0.429. The van der Waals surface area contributed by atoms with Gasteiger partial charge in [-0.15, -0.1) is 0 Å². The molecular formula is C14H17F2NO4. The topological polar surface area (TPSA) is 75.6 Å². The summed E-state index contributed by atoms with van der Waals surface area (Å²) in [6, 6.07) is 5.28. The fourth-order valence-electron chi connectivity index (χ4n) is 1.75. The Kier molecular flexibility index (Phi) is 6.58. The molecule has 1 aromatic rings. The van der Waals surface area contributed by atoms with Gasteiger partial charge in [-0.05, 0) is 38.0 Å². The molecule has 2 N–H and O–H groups in total. The second-order valence-corrected chi connectivity index (χ2v) is 4.57. The van der Waals surface area contributed by atoms with Gasteiger partial charge in [-0.2, -0.15) is 8.78 Å². The number of amides is 1. The summed E-state index contributed by atoms with van der Waals surface area (Å²) in [4.78, 5) is 22.3. The van der Waals surface area contributed by atoms with Crippen LogP contribution in [0.15, 0.2) is 24.3 Å². The first-order chi connectivity index (χ1) is 9.88. The van der Waals surface area contributed by atoms with Gasteiger partial charge in [0.05, 0.1) is 0 Å². The van der Waals surface area contributed by atoms with Gasteiger partial charge in [-0.25, -0.2) is 0 Å². The molecule has 0 bridgehead atoms. The maximum absolute atomic E-state index is 12.1. The SMILES string of the molecule is CC(CCCC(=O)O)NC(=O)c1cccc(OC(F)F)c1. The quantitative estimate of drug-likeness (QED) is 0.774. The zero-order chi connectivity index (χ0) is 15.8. The van der Waals surface area contributed by atoms with Crippen molar-refractivity contribution in [3.63, 3.8) is 0 Å². The molecule has 0 aliphatic rings. The van der Waals surface area contributed by atoms with Crippen molar-refractivity contribution in [2.24, 2.45) is 0 Å². The van der Waals surface area contributed by atoms with Crippen LogP contribution < -0.4 is 10.1 Å². The molecule has 0 saturated carbocycles. The molecule has 1 amide bonds. The van der Waals surface area contributed by atoms with Crippen molar-refractivity contribution in [1.82, 2.24) is 5.32 Å². The Morgan fingerprint density at radius 3 is 2.71 bits per heavy atom. The highest BCUT2D eigenvalue weighted by Crippen LogP contribution is 2.16. The molecule has 0 aromatic heterocycles. The summed E-state index contributed by atoms with van der Waals surface area (Å²) in [5.41, 5.74) is 0.207. The number of rotatable bonds is 8. The van der Waals surface area contributed by atoms with E-state index in [1.54, 1.807) is 6.92 Å². The maximum Gasteiger partial charge on any atom is 0.387 e. The number of ether oxygens (including phenoxy) is 1. The zero-order valence-electron chi connectivity index (χ0n) is 11.5. The third-order valence-electron chi connectivity index (χ3n) is 2.73. The van der Waals surface area contributed by atoms with Gasteiger partial charge in [0.15, 0.2) is 0 Å². The van der Waals surface area contributed by atoms with Crippen LogP contribution in [0.3, 0.4) is 0 Å². The summed E-state index contributed by atoms with van der Waals surface area (Å²) in [5.74, 6) is -1.39. The van der Waals surface area contributed by atoms with Crippen molar-refractivity contribution >= 4 is 11.9 Å². The van der Waals surface area contributed by atoms with E-state index in [0.29, 0.717) is 12.8 Å². The second-order valence-electron chi connectivity index (χ2n) is 4.57. The number of carboxylic acid groups (broad SMARTS) is 1. The Hall–Kier alpha value is -2.18. The Bertz CT molecular complexity index is 494. The standard InChI is InChI=1S/C14H17F2NO4/c1-9(4-2-7-12(18)19)17-13(20)10-5-3-6-11(8-10)21-14(15)16/h3,5-6,8-9,14H,2,4,7H2,1H3,(H,17,20)(H,18,19). The molecule has 0 heterocycles. The normalized spacial score (nSPS) is 12.0. The zero-order valence-corrected chi connectivity index (χ0v) is 11.5. The molecule has 5 nitrogen and oxygen atoms in total. The summed E-state index contributed by atoms with van der Waals surface area (Å²) in [6.45, 7) is -1.20. The van der Waals surface area contributed by atoms with Crippen LogP contribution in [0.5, 0.6) is 5.75 Å². The number of carbonyl (C=O) groups is 2. The highest BCUT2D eigenvalue weighted by Gasteiger charge is 2.12. The fourth-order valence-corrected chi connectivity index (χ4v) is 1.75. The Labute approximate surface area is 120 Å². The highest BCUT2D eigenvalue weighted by molar-refractivity contribution is 5.94. The summed E-state index contributed by atoms with van der Waals surface area (Å²) < 4.78 is 28.4. The monoisotopic (exact) mass is 301 g/mol. The molecule has 0 fully saturated rings. The van der Waals surface area contributed by atoms with Gasteiger partial charge in [0.1, 0.15) is 5.75 Å². The van der Waals surface area contributed by atoms with Gasteiger partial charge < -0.3 is 15.2 Å². The molecule has 0 aliphatic heterocycles. The van der Waals surface area contributed by atoms with Crippen molar-refractivity contribution in [3.8, 4) is 5.75 Å². The number of benzene rings is 1. The third kappa shape index (κ3) is 6.69. The molecule has 0 aliphatic carbocycles. The Morgan fingerprint density at radius 1 is 1.38 bits per heavy atom. The van der Waals surface area contributed by atoms with Crippen LogP contribution in [-0.4, -0.2) is 29.6 Å². The molecule has 21 heavy (non-hydrogen) atoms. The van der Waals surface area contributed by atoms with Gasteiger partial charge in [-0.1, -0.05) is 6.07 Å². The first kappa shape index (κ1) is 16.9. The second kappa shape index (κ2) is 8.18. The van der Waals surface area contributed by atoms with E-state index in [1.165, 1.54) is 24.3 Å². The van der Waals surface area contributed by atoms with Crippen molar-refractivity contribution in [2.75, 3.05) is 0 Å². The minimum Gasteiger partial charge on any atom is -0.481 e. The van der Waals surface area contributed by atoms with E-state index in [9.17, 15) is 18.4 Å².